The van der Waals surface area contributed by atoms with E-state index >= 15 is 0 Å². The van der Waals surface area contributed by atoms with E-state index in [1.807, 2.05) is 19.9 Å². The van der Waals surface area contributed by atoms with Crippen LogP contribution in [-0.4, -0.2) is 10.8 Å². The Morgan fingerprint density at radius 1 is 1.19 bits per heavy atom. The summed E-state index contributed by atoms with van der Waals surface area (Å²) in [6.45, 7) is 5.39. The number of aromatic nitrogens is 1. The van der Waals surface area contributed by atoms with Crippen molar-refractivity contribution >= 4 is 16.7 Å². The van der Waals surface area contributed by atoms with Crippen LogP contribution >= 0.6 is 0 Å². The molecule has 1 aromatic heterocycles. The summed E-state index contributed by atoms with van der Waals surface area (Å²) in [6, 6.07) is 7.13. The first-order valence-electron chi connectivity index (χ1n) is 5.31. The monoisotopic (exact) mass is 217 g/mol. The molecule has 0 aliphatic carbocycles. The highest BCUT2D eigenvalue weighted by molar-refractivity contribution is 5.96. The molecule has 0 fully saturated rings. The Kier molecular flexibility index (Phi) is 4.00. The fraction of sp³-hybridized carbons (Fsp3) is 0.231. The van der Waals surface area contributed by atoms with Crippen LogP contribution in [0.15, 0.2) is 35.3 Å². The number of ketones is 1. The van der Waals surface area contributed by atoms with E-state index in [0.29, 0.717) is 5.39 Å². The Hall–Kier alpha value is -1.90. The summed E-state index contributed by atoms with van der Waals surface area (Å²) in [5.74, 6) is -0.211. The largest absolute Gasteiger partial charge is 0.360 e. The Bertz CT molecular complexity index is 555. The van der Waals surface area contributed by atoms with Gasteiger partial charge in [0.1, 0.15) is 0 Å². The zero-order valence-electron chi connectivity index (χ0n) is 9.70. The van der Waals surface area contributed by atoms with Gasteiger partial charge in [0.05, 0.1) is 5.56 Å². The van der Waals surface area contributed by atoms with E-state index in [0.717, 1.165) is 5.52 Å². The second-order valence-corrected chi connectivity index (χ2v) is 3.13. The zero-order chi connectivity index (χ0) is 12.1. The van der Waals surface area contributed by atoms with Crippen molar-refractivity contribution in [3.05, 3.63) is 46.2 Å². The van der Waals surface area contributed by atoms with Crippen molar-refractivity contribution < 1.29 is 4.79 Å². The number of fused-ring (bicyclic) bond motifs is 1. The highest BCUT2D eigenvalue weighted by atomic mass is 16.1. The number of H-pyrrole nitrogens is 1. The number of hydrogen-bond acceptors (Lipinski definition) is 2. The predicted molar refractivity (Wildman–Crippen MR) is 65.9 cm³/mol. The molecular weight excluding hydrogens is 202 g/mol. The summed E-state index contributed by atoms with van der Waals surface area (Å²) in [4.78, 5) is 25.7. The van der Waals surface area contributed by atoms with E-state index in [1.54, 1.807) is 18.2 Å². The second-order valence-electron chi connectivity index (χ2n) is 3.13. The summed E-state index contributed by atoms with van der Waals surface area (Å²) in [5.41, 5.74) is 0.762. The van der Waals surface area contributed by atoms with E-state index in [4.69, 9.17) is 0 Å². The van der Waals surface area contributed by atoms with Crippen molar-refractivity contribution in [1.82, 2.24) is 4.98 Å². The van der Waals surface area contributed by atoms with Gasteiger partial charge in [0.2, 0.25) is 0 Å². The van der Waals surface area contributed by atoms with E-state index < -0.39 is 0 Å². The lowest BCUT2D eigenvalue weighted by molar-refractivity contribution is 0.101. The maximum Gasteiger partial charge on any atom is 0.200 e. The molecule has 2 aromatic rings. The van der Waals surface area contributed by atoms with Gasteiger partial charge in [0.25, 0.3) is 0 Å². The van der Waals surface area contributed by atoms with Crippen LogP contribution in [0.4, 0.5) is 0 Å². The number of carbonyl (C=O) groups excluding carboxylic acids is 1. The first kappa shape index (κ1) is 12.2. The zero-order valence-corrected chi connectivity index (χ0v) is 9.70. The molecule has 84 valence electrons. The minimum absolute atomic E-state index is 0.202. The molecule has 0 aliphatic heterocycles. The van der Waals surface area contributed by atoms with Gasteiger partial charge in [-0.05, 0) is 19.1 Å². The number of aromatic amines is 1. The summed E-state index contributed by atoms with van der Waals surface area (Å²) in [5, 5.41) is 0.556. The molecule has 1 N–H and O–H groups in total. The molecule has 3 nitrogen and oxygen atoms in total. The fourth-order valence-corrected chi connectivity index (χ4v) is 1.43. The lowest BCUT2D eigenvalue weighted by Crippen LogP contribution is -2.13. The lowest BCUT2D eigenvalue weighted by atomic mass is 10.1. The van der Waals surface area contributed by atoms with Gasteiger partial charge in [0, 0.05) is 17.1 Å². The molecule has 0 saturated carbocycles. The van der Waals surface area contributed by atoms with Crippen molar-refractivity contribution in [2.24, 2.45) is 0 Å². The minimum Gasteiger partial charge on any atom is -0.360 e. The molecule has 0 unspecified atom stereocenters. The van der Waals surface area contributed by atoms with Gasteiger partial charge < -0.3 is 4.98 Å². The number of hydrogen-bond donors (Lipinski definition) is 1. The molecule has 0 saturated heterocycles. The van der Waals surface area contributed by atoms with Crippen LogP contribution in [0.3, 0.4) is 0 Å². The first-order chi connectivity index (χ1) is 7.70. The summed E-state index contributed by atoms with van der Waals surface area (Å²) in [6.07, 6.45) is 1.47. The van der Waals surface area contributed by atoms with Gasteiger partial charge in [0.15, 0.2) is 11.2 Å². The topological polar surface area (TPSA) is 49.9 Å². The van der Waals surface area contributed by atoms with Crippen LogP contribution in [0.25, 0.3) is 10.9 Å². The lowest BCUT2D eigenvalue weighted by Gasteiger charge is -1.98. The molecular formula is C13H15NO2. The average molecular weight is 217 g/mol. The molecule has 1 heterocycles. The van der Waals surface area contributed by atoms with E-state index in [1.165, 1.54) is 13.1 Å². The van der Waals surface area contributed by atoms with Crippen LogP contribution in [0.1, 0.15) is 31.1 Å². The smallest absolute Gasteiger partial charge is 0.200 e. The fourth-order valence-electron chi connectivity index (χ4n) is 1.43. The van der Waals surface area contributed by atoms with Gasteiger partial charge >= 0.3 is 0 Å². The molecule has 0 atom stereocenters. The van der Waals surface area contributed by atoms with Crippen LogP contribution in [-0.2, 0) is 0 Å². The molecule has 16 heavy (non-hydrogen) atoms. The third kappa shape index (κ3) is 2.19. The number of benzene rings is 1. The summed E-state index contributed by atoms with van der Waals surface area (Å²) < 4.78 is 0. The molecule has 1 aromatic carbocycles. The van der Waals surface area contributed by atoms with Crippen molar-refractivity contribution in [3.8, 4) is 0 Å². The number of rotatable bonds is 1. The quantitative estimate of drug-likeness (QED) is 0.747. The van der Waals surface area contributed by atoms with Crippen molar-refractivity contribution in [2.75, 3.05) is 0 Å². The number of Topliss-reactive ketones (excluding diaryl/α,β-unsaturated/α-hetero) is 1. The normalized spacial score (nSPS) is 9.44. The Morgan fingerprint density at radius 2 is 1.81 bits per heavy atom. The maximum atomic E-state index is 11.7. The summed E-state index contributed by atoms with van der Waals surface area (Å²) >= 11 is 0. The molecule has 0 radical (unpaired) electrons. The highest BCUT2D eigenvalue weighted by Crippen LogP contribution is 2.06. The number of para-hydroxylation sites is 1. The number of pyridine rings is 1. The minimum atomic E-state index is -0.211. The molecule has 3 heteroatoms. The van der Waals surface area contributed by atoms with E-state index in [9.17, 15) is 9.59 Å². The SMILES string of the molecule is CC.CC(=O)c1c[nH]c2ccccc2c1=O. The second kappa shape index (κ2) is 5.26. The standard InChI is InChI=1S/C11H9NO2.C2H6/c1-7(13)9-6-12-10-5-3-2-4-8(10)11(9)14;1-2/h2-6H,1H3,(H,12,14);1-2H3. The molecule has 0 amide bonds. The Morgan fingerprint density at radius 3 is 2.44 bits per heavy atom. The van der Waals surface area contributed by atoms with Crippen molar-refractivity contribution in [3.63, 3.8) is 0 Å². The third-order valence-electron chi connectivity index (χ3n) is 2.17. The predicted octanol–water partition coefficient (Wildman–Crippen LogP) is 2.76. The van der Waals surface area contributed by atoms with Crippen LogP contribution in [0.2, 0.25) is 0 Å². The van der Waals surface area contributed by atoms with Crippen LogP contribution < -0.4 is 5.43 Å². The molecule has 0 bridgehead atoms. The maximum absolute atomic E-state index is 11.7. The molecule has 0 aliphatic rings. The number of carbonyl (C=O) groups is 1. The van der Waals surface area contributed by atoms with Gasteiger partial charge in [-0.1, -0.05) is 26.0 Å². The Labute approximate surface area is 94.1 Å². The van der Waals surface area contributed by atoms with Gasteiger partial charge in [-0.2, -0.15) is 0 Å². The van der Waals surface area contributed by atoms with Gasteiger partial charge in [-0.3, -0.25) is 9.59 Å². The first-order valence-corrected chi connectivity index (χ1v) is 5.31. The van der Waals surface area contributed by atoms with Crippen molar-refractivity contribution in [1.29, 1.82) is 0 Å². The van der Waals surface area contributed by atoms with Gasteiger partial charge in [-0.15, -0.1) is 0 Å². The van der Waals surface area contributed by atoms with Crippen molar-refractivity contribution in [2.45, 2.75) is 20.8 Å². The third-order valence-corrected chi connectivity index (χ3v) is 2.17. The van der Waals surface area contributed by atoms with Gasteiger partial charge in [-0.25, -0.2) is 0 Å². The summed E-state index contributed by atoms with van der Waals surface area (Å²) in [7, 11) is 0. The van der Waals surface area contributed by atoms with Crippen LogP contribution in [0, 0.1) is 0 Å². The highest BCUT2D eigenvalue weighted by Gasteiger charge is 2.07. The number of nitrogens with one attached hydrogen (secondary N) is 1. The average Bonchev–Trinajstić information content (AvgIpc) is 2.32. The van der Waals surface area contributed by atoms with E-state index in [-0.39, 0.29) is 16.8 Å². The van der Waals surface area contributed by atoms with E-state index in [2.05, 4.69) is 4.98 Å². The molecule has 2 rings (SSSR count). The Balaban J connectivity index is 0.000000606. The van der Waals surface area contributed by atoms with Crippen LogP contribution in [0.5, 0.6) is 0 Å². The molecule has 0 spiro atoms.